The van der Waals surface area contributed by atoms with Crippen LogP contribution in [-0.4, -0.2) is 31.1 Å². The molecule has 1 fully saturated rings. The number of rotatable bonds is 5. The van der Waals surface area contributed by atoms with Gasteiger partial charge in [0.25, 0.3) is 0 Å². The molecule has 106 valence electrons. The summed E-state index contributed by atoms with van der Waals surface area (Å²) in [5, 5.41) is 4.37. The topological polar surface area (TPSA) is 15.3 Å². The number of nitrogens with zero attached hydrogens (tertiary/aromatic N) is 1. The predicted molar refractivity (Wildman–Crippen MR) is 85.7 cm³/mol. The zero-order chi connectivity index (χ0) is 13.7. The van der Waals surface area contributed by atoms with Crippen LogP contribution < -0.4 is 5.32 Å². The van der Waals surface area contributed by atoms with Crippen molar-refractivity contribution in [2.75, 3.05) is 26.2 Å². The van der Waals surface area contributed by atoms with E-state index >= 15 is 0 Å². The normalized spacial score (nSPS) is 17.8. The van der Waals surface area contributed by atoms with Crippen molar-refractivity contribution in [3.05, 3.63) is 33.3 Å². The fraction of sp³-hybridized carbons (Fsp3) is 0.600. The Balaban J connectivity index is 1.73. The molecule has 1 N–H and O–H groups in total. The molecule has 2 nitrogen and oxygen atoms in total. The van der Waals surface area contributed by atoms with Gasteiger partial charge in [-0.05, 0) is 68.7 Å². The van der Waals surface area contributed by atoms with Gasteiger partial charge in [0.2, 0.25) is 0 Å². The predicted octanol–water partition coefficient (Wildman–Crippen LogP) is 3.92. The molecule has 1 heterocycles. The molecular formula is C15H22BrClN2. The van der Waals surface area contributed by atoms with Crippen molar-refractivity contribution in [2.45, 2.75) is 26.3 Å². The highest BCUT2D eigenvalue weighted by Crippen LogP contribution is 2.21. The molecule has 0 bridgehead atoms. The van der Waals surface area contributed by atoms with E-state index in [-0.39, 0.29) is 0 Å². The largest absolute Gasteiger partial charge is 0.312 e. The van der Waals surface area contributed by atoms with E-state index in [2.05, 4.69) is 33.1 Å². The standard InChI is InChI=1S/C15H22BrClN2/c1-2-19-7-5-12(6-8-19)10-18-11-13-9-14(17)3-4-15(13)16/h3-4,9,12,18H,2,5-8,10-11H2,1H3. The van der Waals surface area contributed by atoms with Gasteiger partial charge in [0.15, 0.2) is 0 Å². The Kier molecular flexibility index (Phi) is 6.14. The minimum absolute atomic E-state index is 0.802. The molecule has 0 atom stereocenters. The fourth-order valence-corrected chi connectivity index (χ4v) is 3.18. The molecule has 0 amide bonds. The summed E-state index contributed by atoms with van der Waals surface area (Å²) in [4.78, 5) is 2.53. The highest BCUT2D eigenvalue weighted by molar-refractivity contribution is 9.10. The van der Waals surface area contributed by atoms with Crippen LogP contribution in [0.2, 0.25) is 5.02 Å². The third-order valence-corrected chi connectivity index (χ3v) is 4.92. The van der Waals surface area contributed by atoms with E-state index in [4.69, 9.17) is 11.6 Å². The first-order chi connectivity index (χ1) is 9.19. The van der Waals surface area contributed by atoms with Gasteiger partial charge < -0.3 is 10.2 Å². The van der Waals surface area contributed by atoms with E-state index < -0.39 is 0 Å². The number of hydrogen-bond donors (Lipinski definition) is 1. The molecule has 2 rings (SSSR count). The van der Waals surface area contributed by atoms with Crippen molar-refractivity contribution in [1.29, 1.82) is 0 Å². The number of nitrogens with one attached hydrogen (secondary N) is 1. The summed E-state index contributed by atoms with van der Waals surface area (Å²) in [6, 6.07) is 5.95. The maximum atomic E-state index is 6.02. The lowest BCUT2D eigenvalue weighted by atomic mass is 9.97. The number of piperidine rings is 1. The first kappa shape index (κ1) is 15.3. The highest BCUT2D eigenvalue weighted by Gasteiger charge is 2.17. The van der Waals surface area contributed by atoms with Crippen molar-refractivity contribution in [1.82, 2.24) is 10.2 Å². The molecule has 0 aliphatic carbocycles. The lowest BCUT2D eigenvalue weighted by Gasteiger charge is -2.31. The van der Waals surface area contributed by atoms with Crippen molar-refractivity contribution < 1.29 is 0 Å². The van der Waals surface area contributed by atoms with Gasteiger partial charge in [-0.2, -0.15) is 0 Å². The molecule has 4 heteroatoms. The van der Waals surface area contributed by atoms with Crippen LogP contribution >= 0.6 is 27.5 Å². The molecule has 1 aromatic rings. The Bertz CT molecular complexity index is 403. The molecule has 1 aliphatic rings. The van der Waals surface area contributed by atoms with Crippen molar-refractivity contribution >= 4 is 27.5 Å². The van der Waals surface area contributed by atoms with Gasteiger partial charge in [-0.3, -0.25) is 0 Å². The van der Waals surface area contributed by atoms with Crippen LogP contribution in [0.3, 0.4) is 0 Å². The minimum atomic E-state index is 0.802. The summed E-state index contributed by atoms with van der Waals surface area (Å²) in [6.07, 6.45) is 2.63. The first-order valence-electron chi connectivity index (χ1n) is 7.06. The molecular weight excluding hydrogens is 324 g/mol. The average Bonchev–Trinajstić information content (AvgIpc) is 2.43. The van der Waals surface area contributed by atoms with E-state index in [0.717, 1.165) is 28.5 Å². The van der Waals surface area contributed by atoms with E-state index in [0.29, 0.717) is 0 Å². The molecule has 0 radical (unpaired) electrons. The highest BCUT2D eigenvalue weighted by atomic mass is 79.9. The lowest BCUT2D eigenvalue weighted by Crippen LogP contribution is -2.36. The molecule has 1 aromatic carbocycles. The maximum Gasteiger partial charge on any atom is 0.0410 e. The number of benzene rings is 1. The molecule has 19 heavy (non-hydrogen) atoms. The summed E-state index contributed by atoms with van der Waals surface area (Å²) in [5.41, 5.74) is 1.23. The van der Waals surface area contributed by atoms with Gasteiger partial charge in [-0.1, -0.05) is 34.5 Å². The minimum Gasteiger partial charge on any atom is -0.312 e. The van der Waals surface area contributed by atoms with Crippen molar-refractivity contribution in [3.63, 3.8) is 0 Å². The van der Waals surface area contributed by atoms with Crippen LogP contribution in [0.1, 0.15) is 25.3 Å². The van der Waals surface area contributed by atoms with E-state index in [1.54, 1.807) is 0 Å². The summed E-state index contributed by atoms with van der Waals surface area (Å²) in [7, 11) is 0. The Hall–Kier alpha value is -0.0900. The van der Waals surface area contributed by atoms with Gasteiger partial charge in [0.05, 0.1) is 0 Å². The van der Waals surface area contributed by atoms with Crippen molar-refractivity contribution in [3.8, 4) is 0 Å². The Morgan fingerprint density at radius 3 is 2.79 bits per heavy atom. The summed E-state index contributed by atoms with van der Waals surface area (Å²) in [6.45, 7) is 7.93. The zero-order valence-electron chi connectivity index (χ0n) is 11.5. The maximum absolute atomic E-state index is 6.02. The van der Waals surface area contributed by atoms with Gasteiger partial charge in [-0.25, -0.2) is 0 Å². The average molecular weight is 346 g/mol. The second-order valence-corrected chi connectivity index (χ2v) is 6.54. The van der Waals surface area contributed by atoms with Crippen LogP contribution in [-0.2, 0) is 6.54 Å². The molecule has 0 spiro atoms. The Morgan fingerprint density at radius 2 is 2.11 bits per heavy atom. The van der Waals surface area contributed by atoms with E-state index in [9.17, 15) is 0 Å². The second kappa shape index (κ2) is 7.63. The zero-order valence-corrected chi connectivity index (χ0v) is 13.8. The van der Waals surface area contributed by atoms with E-state index in [1.165, 1.54) is 38.0 Å². The van der Waals surface area contributed by atoms with Crippen molar-refractivity contribution in [2.24, 2.45) is 5.92 Å². The third kappa shape index (κ3) is 4.75. The van der Waals surface area contributed by atoms with Crippen LogP contribution in [0.25, 0.3) is 0 Å². The fourth-order valence-electron chi connectivity index (χ4n) is 2.60. The molecule has 0 unspecified atom stereocenters. The summed E-state index contributed by atoms with van der Waals surface area (Å²) < 4.78 is 1.13. The van der Waals surface area contributed by atoms with Crippen LogP contribution in [0, 0.1) is 5.92 Å². The van der Waals surface area contributed by atoms with Gasteiger partial charge in [-0.15, -0.1) is 0 Å². The van der Waals surface area contributed by atoms with Gasteiger partial charge in [0, 0.05) is 16.0 Å². The molecule has 1 aliphatic heterocycles. The molecule has 0 saturated carbocycles. The van der Waals surface area contributed by atoms with Crippen LogP contribution in [0.5, 0.6) is 0 Å². The van der Waals surface area contributed by atoms with Gasteiger partial charge >= 0.3 is 0 Å². The summed E-state index contributed by atoms with van der Waals surface area (Å²) >= 11 is 9.59. The Morgan fingerprint density at radius 1 is 1.37 bits per heavy atom. The van der Waals surface area contributed by atoms with Crippen LogP contribution in [0.15, 0.2) is 22.7 Å². The lowest BCUT2D eigenvalue weighted by molar-refractivity contribution is 0.190. The summed E-state index contributed by atoms with van der Waals surface area (Å²) in [5.74, 6) is 0.820. The molecule has 1 saturated heterocycles. The second-order valence-electron chi connectivity index (χ2n) is 5.24. The third-order valence-electron chi connectivity index (χ3n) is 3.91. The SMILES string of the molecule is CCN1CCC(CNCc2cc(Cl)ccc2Br)CC1. The number of hydrogen-bond acceptors (Lipinski definition) is 2. The van der Waals surface area contributed by atoms with Crippen LogP contribution in [0.4, 0.5) is 0 Å². The number of halogens is 2. The monoisotopic (exact) mass is 344 g/mol. The first-order valence-corrected chi connectivity index (χ1v) is 8.23. The quantitative estimate of drug-likeness (QED) is 0.870. The number of likely N-dealkylation sites (tertiary alicyclic amines) is 1. The molecule has 0 aromatic heterocycles. The van der Waals surface area contributed by atoms with E-state index in [1.807, 2.05) is 18.2 Å². The smallest absolute Gasteiger partial charge is 0.0410 e. The Labute approximate surface area is 129 Å². The van der Waals surface area contributed by atoms with Gasteiger partial charge in [0.1, 0.15) is 0 Å².